The van der Waals surface area contributed by atoms with Crippen molar-refractivity contribution in [1.82, 2.24) is 9.88 Å². The Bertz CT molecular complexity index is 1280. The van der Waals surface area contributed by atoms with Crippen LogP contribution >= 0.6 is 23.2 Å². The molecule has 1 unspecified atom stereocenters. The van der Waals surface area contributed by atoms with Crippen LogP contribution in [0.25, 0.3) is 0 Å². The zero-order valence-electron chi connectivity index (χ0n) is 19.5. The molecule has 2 heterocycles. The lowest BCUT2D eigenvalue weighted by atomic mass is 9.94. The minimum Gasteiger partial charge on any atom is -0.392 e. The van der Waals surface area contributed by atoms with Crippen molar-refractivity contribution in [3.63, 3.8) is 0 Å². The molecule has 0 radical (unpaired) electrons. The molecule has 5 rings (SSSR count). The SMILES string of the molecule is O=C(Nc1ccc(Cl)cc1C(=O)Nc1ccc(Cl)cn1)c1ccc(C2(CN3CCC(O)C3)CC2)cc1. The number of carbonyl (C=O) groups excluding carboxylic acids is 2. The summed E-state index contributed by atoms with van der Waals surface area (Å²) >= 11 is 12.0. The number of aliphatic hydroxyl groups is 1. The maximum absolute atomic E-state index is 13.0. The van der Waals surface area contributed by atoms with E-state index in [1.807, 2.05) is 24.3 Å². The second kappa shape index (κ2) is 10.2. The van der Waals surface area contributed by atoms with Crippen molar-refractivity contribution >= 4 is 46.5 Å². The zero-order chi connectivity index (χ0) is 25.3. The van der Waals surface area contributed by atoms with Crippen molar-refractivity contribution in [2.75, 3.05) is 30.3 Å². The molecule has 36 heavy (non-hydrogen) atoms. The first-order chi connectivity index (χ1) is 17.3. The van der Waals surface area contributed by atoms with Gasteiger partial charge in [-0.15, -0.1) is 0 Å². The van der Waals surface area contributed by atoms with Crippen LogP contribution in [0.5, 0.6) is 0 Å². The molecule has 9 heteroatoms. The summed E-state index contributed by atoms with van der Waals surface area (Å²) in [5.41, 5.74) is 2.37. The van der Waals surface area contributed by atoms with E-state index in [1.54, 1.807) is 24.3 Å². The summed E-state index contributed by atoms with van der Waals surface area (Å²) in [6.45, 7) is 2.59. The fraction of sp³-hybridized carbons (Fsp3) is 0.296. The normalized spacial score (nSPS) is 18.6. The summed E-state index contributed by atoms with van der Waals surface area (Å²) in [5, 5.41) is 16.2. The first-order valence-electron chi connectivity index (χ1n) is 11.9. The summed E-state index contributed by atoms with van der Waals surface area (Å²) in [4.78, 5) is 32.3. The number of β-amino-alcohol motifs (C(OH)–C–C–N with tert-alkyl or cyclic N) is 1. The summed E-state index contributed by atoms with van der Waals surface area (Å²) < 4.78 is 0. The lowest BCUT2D eigenvalue weighted by molar-refractivity contribution is 0.102. The number of rotatable bonds is 7. The third-order valence-electron chi connectivity index (χ3n) is 6.83. The summed E-state index contributed by atoms with van der Waals surface area (Å²) in [6.07, 6.45) is 4.25. The first kappa shape index (κ1) is 24.7. The largest absolute Gasteiger partial charge is 0.392 e. The summed E-state index contributed by atoms with van der Waals surface area (Å²) in [6, 6.07) is 15.6. The lowest BCUT2D eigenvalue weighted by Crippen LogP contribution is -2.31. The highest BCUT2D eigenvalue weighted by Gasteiger charge is 2.46. The number of amides is 2. The van der Waals surface area contributed by atoms with Crippen molar-refractivity contribution in [3.05, 3.63) is 87.5 Å². The number of hydrogen-bond acceptors (Lipinski definition) is 5. The van der Waals surface area contributed by atoms with Gasteiger partial charge >= 0.3 is 0 Å². The minimum atomic E-state index is -0.458. The molecule has 7 nitrogen and oxygen atoms in total. The topological polar surface area (TPSA) is 94.6 Å². The van der Waals surface area contributed by atoms with E-state index in [2.05, 4.69) is 20.5 Å². The van der Waals surface area contributed by atoms with Crippen LogP contribution in [0.4, 0.5) is 11.5 Å². The van der Waals surface area contributed by atoms with E-state index in [-0.39, 0.29) is 23.0 Å². The molecule has 3 aromatic rings. The molecule has 1 aliphatic carbocycles. The fourth-order valence-corrected chi connectivity index (χ4v) is 4.97. The van der Waals surface area contributed by atoms with Crippen LogP contribution in [-0.2, 0) is 5.41 Å². The minimum absolute atomic E-state index is 0.107. The quantitative estimate of drug-likeness (QED) is 0.404. The third kappa shape index (κ3) is 5.55. The second-order valence-electron chi connectivity index (χ2n) is 9.50. The average molecular weight is 525 g/mol. The van der Waals surface area contributed by atoms with Crippen LogP contribution in [0.2, 0.25) is 10.0 Å². The van der Waals surface area contributed by atoms with Crippen LogP contribution in [0, 0.1) is 0 Å². The molecule has 2 amide bonds. The third-order valence-corrected chi connectivity index (χ3v) is 7.29. The van der Waals surface area contributed by atoms with Crippen LogP contribution < -0.4 is 10.6 Å². The van der Waals surface area contributed by atoms with E-state index in [9.17, 15) is 14.7 Å². The molecular formula is C27H26Cl2N4O3. The predicted octanol–water partition coefficient (Wildman–Crippen LogP) is 4.99. The maximum atomic E-state index is 13.0. The predicted molar refractivity (Wildman–Crippen MR) is 141 cm³/mol. The Morgan fingerprint density at radius 2 is 1.75 bits per heavy atom. The Kier molecular flexibility index (Phi) is 6.99. The Morgan fingerprint density at radius 1 is 1.00 bits per heavy atom. The van der Waals surface area contributed by atoms with Crippen molar-refractivity contribution in [1.29, 1.82) is 0 Å². The van der Waals surface area contributed by atoms with E-state index in [1.165, 1.54) is 17.8 Å². The van der Waals surface area contributed by atoms with E-state index in [0.29, 0.717) is 27.1 Å². The molecule has 2 aliphatic rings. The average Bonchev–Trinajstić information content (AvgIpc) is 3.54. The molecular weight excluding hydrogens is 499 g/mol. The van der Waals surface area contributed by atoms with E-state index in [0.717, 1.165) is 38.9 Å². The second-order valence-corrected chi connectivity index (χ2v) is 10.4. The fourth-order valence-electron chi connectivity index (χ4n) is 4.69. The number of hydrogen-bond donors (Lipinski definition) is 3. The Morgan fingerprint density at radius 3 is 2.39 bits per heavy atom. The number of aromatic nitrogens is 1. The molecule has 2 aromatic carbocycles. The van der Waals surface area contributed by atoms with Gasteiger partial charge in [0.05, 0.1) is 22.4 Å². The van der Waals surface area contributed by atoms with E-state index >= 15 is 0 Å². The van der Waals surface area contributed by atoms with Crippen LogP contribution in [-0.4, -0.2) is 52.5 Å². The van der Waals surface area contributed by atoms with Gasteiger partial charge in [-0.05, 0) is 67.3 Å². The highest BCUT2D eigenvalue weighted by molar-refractivity contribution is 6.31. The summed E-state index contributed by atoms with van der Waals surface area (Å²) in [7, 11) is 0. The molecule has 1 saturated heterocycles. The number of benzene rings is 2. The van der Waals surface area contributed by atoms with Crippen LogP contribution in [0.1, 0.15) is 45.5 Å². The standard InChI is InChI=1S/C27H26Cl2N4O3/c28-19-5-7-23(22(13-19)26(36)32-24-8-6-20(29)14-30-24)31-25(35)17-1-3-18(4-2-17)27(10-11-27)16-33-12-9-21(34)15-33/h1-8,13-14,21,34H,9-12,15-16H2,(H,31,35)(H,30,32,36). The lowest BCUT2D eigenvalue weighted by Gasteiger charge is -2.23. The maximum Gasteiger partial charge on any atom is 0.258 e. The molecule has 3 N–H and O–H groups in total. The van der Waals surface area contributed by atoms with Gasteiger partial charge in [-0.25, -0.2) is 4.98 Å². The number of anilines is 2. The van der Waals surface area contributed by atoms with Gasteiger partial charge in [0.15, 0.2) is 0 Å². The number of pyridine rings is 1. The molecule has 186 valence electrons. The number of aliphatic hydroxyl groups excluding tert-OH is 1. The van der Waals surface area contributed by atoms with Crippen molar-refractivity contribution < 1.29 is 14.7 Å². The first-order valence-corrected chi connectivity index (χ1v) is 12.6. The van der Waals surface area contributed by atoms with Gasteiger partial charge in [-0.3, -0.25) is 14.5 Å². The molecule has 1 atom stereocenters. The summed E-state index contributed by atoms with van der Waals surface area (Å²) in [5.74, 6) is -0.453. The van der Waals surface area contributed by atoms with Crippen molar-refractivity contribution in [3.8, 4) is 0 Å². The number of halogens is 2. The van der Waals surface area contributed by atoms with Gasteiger partial charge in [0.2, 0.25) is 0 Å². The molecule has 0 bridgehead atoms. The number of nitrogens with one attached hydrogen (secondary N) is 2. The van der Waals surface area contributed by atoms with E-state index < -0.39 is 5.91 Å². The molecule has 2 fully saturated rings. The molecule has 0 spiro atoms. The van der Waals surface area contributed by atoms with Crippen molar-refractivity contribution in [2.45, 2.75) is 30.8 Å². The number of carbonyl (C=O) groups is 2. The van der Waals surface area contributed by atoms with Gasteiger partial charge in [-0.1, -0.05) is 35.3 Å². The van der Waals surface area contributed by atoms with Gasteiger partial charge in [0.1, 0.15) is 5.82 Å². The smallest absolute Gasteiger partial charge is 0.258 e. The molecule has 1 aromatic heterocycles. The van der Waals surface area contributed by atoms with Crippen molar-refractivity contribution in [2.24, 2.45) is 0 Å². The number of likely N-dealkylation sites (tertiary alicyclic amines) is 1. The Hall–Kier alpha value is -2.97. The van der Waals surface area contributed by atoms with Crippen LogP contribution in [0.15, 0.2) is 60.8 Å². The van der Waals surface area contributed by atoms with Gasteiger partial charge in [0, 0.05) is 41.8 Å². The number of nitrogens with zero attached hydrogens (tertiary/aromatic N) is 2. The highest BCUT2D eigenvalue weighted by Crippen LogP contribution is 2.49. The van der Waals surface area contributed by atoms with Gasteiger partial charge in [-0.2, -0.15) is 0 Å². The van der Waals surface area contributed by atoms with E-state index in [4.69, 9.17) is 23.2 Å². The molecule has 1 saturated carbocycles. The Balaban J connectivity index is 1.28. The van der Waals surface area contributed by atoms with Gasteiger partial charge < -0.3 is 15.7 Å². The zero-order valence-corrected chi connectivity index (χ0v) is 21.0. The Labute approximate surface area is 219 Å². The molecule has 1 aliphatic heterocycles. The van der Waals surface area contributed by atoms with Crippen LogP contribution in [0.3, 0.4) is 0 Å². The highest BCUT2D eigenvalue weighted by atomic mass is 35.5. The monoisotopic (exact) mass is 524 g/mol. The van der Waals surface area contributed by atoms with Gasteiger partial charge in [0.25, 0.3) is 11.8 Å².